The van der Waals surface area contributed by atoms with E-state index in [4.69, 9.17) is 0 Å². The van der Waals surface area contributed by atoms with Gasteiger partial charge in [0, 0.05) is 27.7 Å². The van der Waals surface area contributed by atoms with Gasteiger partial charge in [-0.25, -0.2) is 0 Å². The quantitative estimate of drug-likeness (QED) is 0.739. The van der Waals surface area contributed by atoms with Crippen molar-refractivity contribution in [1.29, 1.82) is 0 Å². The van der Waals surface area contributed by atoms with Gasteiger partial charge in [-0.1, -0.05) is 0 Å². The van der Waals surface area contributed by atoms with Crippen molar-refractivity contribution in [2.45, 2.75) is 20.8 Å². The number of hydrogen-bond acceptors (Lipinski definition) is 3. The average Bonchev–Trinajstić information content (AvgIpc) is 2.55. The second-order valence-electron chi connectivity index (χ2n) is 3.78. The summed E-state index contributed by atoms with van der Waals surface area (Å²) in [6, 6.07) is 3.95. The number of Topliss-reactive ketones (excluding diaryl/α,β-unsaturated/α-hetero) is 1. The zero-order valence-electron chi connectivity index (χ0n) is 9.57. The van der Waals surface area contributed by atoms with Crippen LogP contribution in [0.1, 0.15) is 27.7 Å². The van der Waals surface area contributed by atoms with Crippen molar-refractivity contribution in [3.8, 4) is 10.4 Å². The van der Waals surface area contributed by atoms with E-state index in [1.165, 1.54) is 4.88 Å². The van der Waals surface area contributed by atoms with Crippen molar-refractivity contribution in [3.05, 3.63) is 40.5 Å². The normalized spacial score (nSPS) is 10.4. The third-order valence-corrected chi connectivity index (χ3v) is 3.87. The average molecular weight is 231 g/mol. The lowest BCUT2D eigenvalue weighted by atomic mass is 10.0. The minimum atomic E-state index is 0.145. The molecule has 0 aliphatic rings. The zero-order valence-corrected chi connectivity index (χ0v) is 10.4. The summed E-state index contributed by atoms with van der Waals surface area (Å²) in [5.74, 6) is 0.145. The molecule has 0 spiro atoms. The molecule has 0 unspecified atom stereocenters. The van der Waals surface area contributed by atoms with Crippen LogP contribution in [0, 0.1) is 13.8 Å². The van der Waals surface area contributed by atoms with Crippen molar-refractivity contribution >= 4 is 17.1 Å². The molecule has 2 heterocycles. The fourth-order valence-corrected chi connectivity index (χ4v) is 3.16. The number of aryl methyl sites for hydroxylation is 1. The van der Waals surface area contributed by atoms with Gasteiger partial charge in [0.2, 0.25) is 0 Å². The van der Waals surface area contributed by atoms with Gasteiger partial charge >= 0.3 is 0 Å². The molecular weight excluding hydrogens is 218 g/mol. The largest absolute Gasteiger partial charge is 0.294 e. The Kier molecular flexibility index (Phi) is 2.88. The van der Waals surface area contributed by atoms with Gasteiger partial charge in [0.05, 0.1) is 0 Å². The number of carbonyl (C=O) groups excluding carboxylic acids is 1. The summed E-state index contributed by atoms with van der Waals surface area (Å²) in [6.07, 6.45) is 3.55. The summed E-state index contributed by atoms with van der Waals surface area (Å²) in [5, 5.41) is 0. The molecular formula is C13H13NOS. The van der Waals surface area contributed by atoms with Crippen LogP contribution in [0.2, 0.25) is 0 Å². The van der Waals surface area contributed by atoms with Crippen LogP contribution in [-0.4, -0.2) is 10.8 Å². The maximum atomic E-state index is 11.5. The zero-order chi connectivity index (χ0) is 11.7. The van der Waals surface area contributed by atoms with E-state index < -0.39 is 0 Å². The second-order valence-corrected chi connectivity index (χ2v) is 5.00. The fourth-order valence-electron chi connectivity index (χ4n) is 1.95. The molecule has 0 bridgehead atoms. The lowest BCUT2D eigenvalue weighted by Gasteiger charge is -1.99. The minimum absolute atomic E-state index is 0.145. The summed E-state index contributed by atoms with van der Waals surface area (Å²) in [4.78, 5) is 17.8. The third kappa shape index (κ3) is 1.78. The topological polar surface area (TPSA) is 30.0 Å². The predicted octanol–water partition coefficient (Wildman–Crippen LogP) is 3.63. The number of carbonyl (C=O) groups is 1. The maximum Gasteiger partial charge on any atom is 0.161 e. The van der Waals surface area contributed by atoms with E-state index in [0.29, 0.717) is 0 Å². The molecule has 0 fully saturated rings. The van der Waals surface area contributed by atoms with E-state index in [1.807, 2.05) is 26.0 Å². The number of aromatic nitrogens is 1. The van der Waals surface area contributed by atoms with E-state index in [-0.39, 0.29) is 5.78 Å². The third-order valence-electron chi connectivity index (χ3n) is 2.62. The molecule has 0 N–H and O–H groups in total. The standard InChI is InChI=1S/C13H13NOS/c1-8-12(9(2)15)10(3)16-13(8)11-4-6-14-7-5-11/h4-7H,1-3H3. The van der Waals surface area contributed by atoms with Crippen molar-refractivity contribution in [2.24, 2.45) is 0 Å². The van der Waals surface area contributed by atoms with Gasteiger partial charge in [-0.15, -0.1) is 11.3 Å². The van der Waals surface area contributed by atoms with E-state index >= 15 is 0 Å². The molecule has 3 heteroatoms. The minimum Gasteiger partial charge on any atom is -0.294 e. The van der Waals surface area contributed by atoms with Crippen LogP contribution in [0.15, 0.2) is 24.5 Å². The Morgan fingerprint density at radius 3 is 2.38 bits per heavy atom. The number of hydrogen-bond donors (Lipinski definition) is 0. The van der Waals surface area contributed by atoms with Crippen molar-refractivity contribution in [3.63, 3.8) is 0 Å². The number of thiophene rings is 1. The molecule has 0 radical (unpaired) electrons. The molecule has 2 aromatic heterocycles. The molecule has 0 saturated carbocycles. The van der Waals surface area contributed by atoms with Crippen LogP contribution >= 0.6 is 11.3 Å². The van der Waals surface area contributed by atoms with Gasteiger partial charge in [-0.3, -0.25) is 9.78 Å². The molecule has 0 atom stereocenters. The molecule has 0 amide bonds. The van der Waals surface area contributed by atoms with Gasteiger partial charge in [0.1, 0.15) is 0 Å². The summed E-state index contributed by atoms with van der Waals surface area (Å²) >= 11 is 1.67. The Bertz CT molecular complexity index is 528. The first-order valence-corrected chi connectivity index (χ1v) is 5.94. The lowest BCUT2D eigenvalue weighted by Crippen LogP contribution is -1.94. The number of ketones is 1. The molecule has 2 rings (SSSR count). The Hall–Kier alpha value is -1.48. The number of nitrogens with zero attached hydrogens (tertiary/aromatic N) is 1. The summed E-state index contributed by atoms with van der Waals surface area (Å²) in [6.45, 7) is 5.63. The Balaban J connectivity index is 2.61. The monoisotopic (exact) mass is 231 g/mol. The van der Waals surface area contributed by atoms with E-state index in [0.717, 1.165) is 21.6 Å². The second kappa shape index (κ2) is 4.18. The van der Waals surface area contributed by atoms with Crippen LogP contribution in [0.25, 0.3) is 10.4 Å². The SMILES string of the molecule is CC(=O)c1c(C)sc(-c2ccncc2)c1C. The molecule has 82 valence electrons. The Labute approximate surface area is 99.0 Å². The van der Waals surface area contributed by atoms with Crippen LogP contribution in [0.5, 0.6) is 0 Å². The summed E-state index contributed by atoms with van der Waals surface area (Å²) in [5.41, 5.74) is 3.09. The van der Waals surface area contributed by atoms with Crippen molar-refractivity contribution in [2.75, 3.05) is 0 Å². The first-order valence-electron chi connectivity index (χ1n) is 5.12. The molecule has 0 saturated heterocycles. The first kappa shape index (κ1) is 11.0. The Morgan fingerprint density at radius 1 is 1.25 bits per heavy atom. The lowest BCUT2D eigenvalue weighted by molar-refractivity contribution is 0.101. The molecule has 2 aromatic rings. The van der Waals surface area contributed by atoms with Gasteiger partial charge in [-0.05, 0) is 44.0 Å². The molecule has 0 aliphatic heterocycles. The fraction of sp³-hybridized carbons (Fsp3) is 0.231. The summed E-state index contributed by atoms with van der Waals surface area (Å²) in [7, 11) is 0. The number of pyridine rings is 1. The summed E-state index contributed by atoms with van der Waals surface area (Å²) < 4.78 is 0. The van der Waals surface area contributed by atoms with E-state index in [1.54, 1.807) is 30.7 Å². The predicted molar refractivity (Wildman–Crippen MR) is 67.0 cm³/mol. The smallest absolute Gasteiger partial charge is 0.161 e. The van der Waals surface area contributed by atoms with Gasteiger partial charge in [0.15, 0.2) is 5.78 Å². The van der Waals surface area contributed by atoms with Crippen LogP contribution in [-0.2, 0) is 0 Å². The highest BCUT2D eigenvalue weighted by Gasteiger charge is 2.16. The van der Waals surface area contributed by atoms with Gasteiger partial charge < -0.3 is 0 Å². The van der Waals surface area contributed by atoms with Crippen molar-refractivity contribution in [1.82, 2.24) is 4.98 Å². The first-order chi connectivity index (χ1) is 7.61. The van der Waals surface area contributed by atoms with Gasteiger partial charge in [0.25, 0.3) is 0 Å². The highest BCUT2D eigenvalue weighted by Crippen LogP contribution is 2.35. The van der Waals surface area contributed by atoms with E-state index in [2.05, 4.69) is 4.98 Å². The van der Waals surface area contributed by atoms with Crippen molar-refractivity contribution < 1.29 is 4.79 Å². The van der Waals surface area contributed by atoms with Crippen LogP contribution in [0.4, 0.5) is 0 Å². The molecule has 0 aromatic carbocycles. The molecule has 0 aliphatic carbocycles. The molecule has 16 heavy (non-hydrogen) atoms. The van der Waals surface area contributed by atoms with Gasteiger partial charge in [-0.2, -0.15) is 0 Å². The molecule has 2 nitrogen and oxygen atoms in total. The number of rotatable bonds is 2. The highest BCUT2D eigenvalue weighted by molar-refractivity contribution is 7.16. The maximum absolute atomic E-state index is 11.5. The van der Waals surface area contributed by atoms with E-state index in [9.17, 15) is 4.79 Å². The highest BCUT2D eigenvalue weighted by atomic mass is 32.1. The van der Waals surface area contributed by atoms with Crippen LogP contribution in [0.3, 0.4) is 0 Å². The Morgan fingerprint density at radius 2 is 1.88 bits per heavy atom. The van der Waals surface area contributed by atoms with Crippen LogP contribution < -0.4 is 0 Å².